The highest BCUT2D eigenvalue weighted by Crippen LogP contribution is 2.55. The number of benzene rings is 3. The van der Waals surface area contributed by atoms with E-state index in [0.29, 0.717) is 11.1 Å². The van der Waals surface area contributed by atoms with Gasteiger partial charge < -0.3 is 19.1 Å². The average molecular weight is 479 g/mol. The van der Waals surface area contributed by atoms with Gasteiger partial charge in [-0.05, 0) is 22.8 Å². The van der Waals surface area contributed by atoms with Crippen LogP contribution in [0.3, 0.4) is 0 Å². The summed E-state index contributed by atoms with van der Waals surface area (Å²) in [6.45, 7) is 0. The van der Waals surface area contributed by atoms with Crippen LogP contribution in [0.4, 0.5) is 0 Å². The standard InChI is InChI=1S/C29H21NO6/c1-34-27(32)23-24(28(33)35-2)30-16-15-17-9-3-4-10-18(17)26(30)36-29(23)22-14-8-7-12-20(22)19-11-5-6-13-21(19)25(29)31/h3-16,26H,1-2H3/t26-,29?/m1/s1. The van der Waals surface area contributed by atoms with Crippen LogP contribution in [0, 0.1) is 0 Å². The molecule has 1 unspecified atom stereocenters. The smallest absolute Gasteiger partial charge is 0.355 e. The number of esters is 2. The van der Waals surface area contributed by atoms with Gasteiger partial charge in [0.15, 0.2) is 11.8 Å². The van der Waals surface area contributed by atoms with Crippen LogP contribution in [0.5, 0.6) is 0 Å². The molecule has 178 valence electrons. The fourth-order valence-electron chi connectivity index (χ4n) is 5.38. The summed E-state index contributed by atoms with van der Waals surface area (Å²) in [6.07, 6.45) is 2.59. The summed E-state index contributed by atoms with van der Waals surface area (Å²) in [5.74, 6) is -2.09. The van der Waals surface area contributed by atoms with Gasteiger partial charge in [0.05, 0.1) is 14.2 Å². The first-order valence-corrected chi connectivity index (χ1v) is 11.4. The number of carbonyl (C=O) groups is 3. The van der Waals surface area contributed by atoms with Crippen molar-refractivity contribution in [2.45, 2.75) is 11.8 Å². The van der Waals surface area contributed by atoms with Gasteiger partial charge in [0.25, 0.3) is 0 Å². The van der Waals surface area contributed by atoms with Gasteiger partial charge in [0, 0.05) is 22.9 Å². The third-order valence-electron chi connectivity index (χ3n) is 6.92. The fourth-order valence-corrected chi connectivity index (χ4v) is 5.38. The summed E-state index contributed by atoms with van der Waals surface area (Å²) < 4.78 is 17.0. The number of hydrogen-bond donors (Lipinski definition) is 0. The molecule has 0 aromatic heterocycles. The molecule has 0 saturated heterocycles. The van der Waals surface area contributed by atoms with Crippen molar-refractivity contribution in [3.63, 3.8) is 0 Å². The molecule has 1 spiro atoms. The highest BCUT2D eigenvalue weighted by Gasteiger charge is 2.60. The predicted molar refractivity (Wildman–Crippen MR) is 130 cm³/mol. The van der Waals surface area contributed by atoms with E-state index in [0.717, 1.165) is 22.3 Å². The van der Waals surface area contributed by atoms with Crippen LogP contribution in [0.25, 0.3) is 17.2 Å². The molecule has 0 saturated carbocycles. The van der Waals surface area contributed by atoms with E-state index in [4.69, 9.17) is 14.2 Å². The number of rotatable bonds is 2. The normalized spacial score (nSPS) is 21.3. The van der Waals surface area contributed by atoms with Gasteiger partial charge in [-0.25, -0.2) is 9.59 Å². The Labute approximate surface area is 207 Å². The fraction of sp³-hybridized carbons (Fsp3) is 0.138. The second-order valence-corrected chi connectivity index (χ2v) is 8.63. The van der Waals surface area contributed by atoms with Crippen molar-refractivity contribution in [1.29, 1.82) is 0 Å². The summed E-state index contributed by atoms with van der Waals surface area (Å²) in [7, 11) is 2.44. The molecule has 0 radical (unpaired) electrons. The van der Waals surface area contributed by atoms with E-state index >= 15 is 0 Å². The zero-order chi connectivity index (χ0) is 25.0. The number of methoxy groups -OCH3 is 2. The van der Waals surface area contributed by atoms with Crippen molar-refractivity contribution in [3.8, 4) is 11.1 Å². The van der Waals surface area contributed by atoms with Crippen molar-refractivity contribution in [1.82, 2.24) is 4.90 Å². The Morgan fingerprint density at radius 1 is 0.833 bits per heavy atom. The molecule has 7 nitrogen and oxygen atoms in total. The first-order chi connectivity index (χ1) is 17.5. The SMILES string of the molecule is COC(=O)C1=C(C(=O)OC)C2(O[C@@H]3c4ccccc4C=CN13)C(=O)c1ccccc1-c1ccccc12. The zero-order valence-electron chi connectivity index (χ0n) is 19.6. The minimum Gasteiger partial charge on any atom is -0.465 e. The molecule has 36 heavy (non-hydrogen) atoms. The lowest BCUT2D eigenvalue weighted by Crippen LogP contribution is -2.54. The third kappa shape index (κ3) is 2.80. The Hall–Kier alpha value is -4.49. The maximum Gasteiger partial charge on any atom is 0.355 e. The van der Waals surface area contributed by atoms with Crippen LogP contribution < -0.4 is 0 Å². The minimum atomic E-state index is -1.94. The Balaban J connectivity index is 1.76. The Kier molecular flexibility index (Phi) is 4.91. The van der Waals surface area contributed by atoms with Crippen LogP contribution in [0.15, 0.2) is 90.3 Å². The van der Waals surface area contributed by atoms with Crippen LogP contribution in [-0.2, 0) is 29.4 Å². The molecular formula is C29H21NO6. The maximum atomic E-state index is 14.5. The maximum absolute atomic E-state index is 14.5. The number of Topliss-reactive ketones (excluding diaryl/α,β-unsaturated/α-hetero) is 1. The van der Waals surface area contributed by atoms with Crippen molar-refractivity contribution < 1.29 is 28.6 Å². The van der Waals surface area contributed by atoms with Crippen molar-refractivity contribution in [2.75, 3.05) is 14.2 Å². The molecule has 6 rings (SSSR count). The van der Waals surface area contributed by atoms with Gasteiger partial charge >= 0.3 is 11.9 Å². The Morgan fingerprint density at radius 3 is 2.22 bits per heavy atom. The van der Waals surface area contributed by atoms with Gasteiger partial charge in [-0.15, -0.1) is 0 Å². The van der Waals surface area contributed by atoms with Crippen LogP contribution in [0.2, 0.25) is 0 Å². The molecule has 0 fully saturated rings. The second kappa shape index (κ2) is 8.03. The van der Waals surface area contributed by atoms with Gasteiger partial charge in [-0.2, -0.15) is 0 Å². The molecule has 1 aliphatic carbocycles. The van der Waals surface area contributed by atoms with Crippen molar-refractivity contribution in [2.24, 2.45) is 0 Å². The van der Waals surface area contributed by atoms with E-state index in [9.17, 15) is 14.4 Å². The number of hydrogen-bond acceptors (Lipinski definition) is 7. The molecule has 2 aliphatic heterocycles. The monoisotopic (exact) mass is 479 g/mol. The molecule has 3 aromatic carbocycles. The first kappa shape index (κ1) is 22.0. The molecular weight excluding hydrogens is 458 g/mol. The number of ketones is 1. The molecule has 3 aromatic rings. The summed E-state index contributed by atoms with van der Waals surface area (Å²) in [5, 5.41) is 0. The molecule has 7 heteroatoms. The number of ether oxygens (including phenoxy) is 3. The van der Waals surface area contributed by atoms with E-state index in [1.54, 1.807) is 30.5 Å². The largest absolute Gasteiger partial charge is 0.465 e. The molecule has 3 aliphatic rings. The summed E-state index contributed by atoms with van der Waals surface area (Å²) >= 11 is 0. The lowest BCUT2D eigenvalue weighted by molar-refractivity contribution is -0.160. The van der Waals surface area contributed by atoms with Crippen molar-refractivity contribution in [3.05, 3.63) is 113 Å². The summed E-state index contributed by atoms with van der Waals surface area (Å²) in [4.78, 5) is 42.8. The van der Waals surface area contributed by atoms with E-state index < -0.39 is 29.6 Å². The van der Waals surface area contributed by atoms with E-state index in [-0.39, 0.29) is 11.3 Å². The number of carbonyl (C=O) groups excluding carboxylic acids is 3. The van der Waals surface area contributed by atoms with Crippen LogP contribution in [0.1, 0.15) is 33.3 Å². The van der Waals surface area contributed by atoms with E-state index in [1.165, 1.54) is 19.1 Å². The minimum absolute atomic E-state index is 0.103. The van der Waals surface area contributed by atoms with Crippen molar-refractivity contribution >= 4 is 23.8 Å². The molecule has 2 heterocycles. The lowest BCUT2D eigenvalue weighted by atomic mass is 9.69. The third-order valence-corrected chi connectivity index (χ3v) is 6.92. The molecule has 0 N–H and O–H groups in total. The van der Waals surface area contributed by atoms with Gasteiger partial charge in [0.2, 0.25) is 5.78 Å². The molecule has 0 bridgehead atoms. The summed E-state index contributed by atoms with van der Waals surface area (Å²) in [6, 6.07) is 22.0. The van der Waals surface area contributed by atoms with Gasteiger partial charge in [-0.1, -0.05) is 72.8 Å². The van der Waals surface area contributed by atoms with Crippen LogP contribution in [-0.4, -0.2) is 36.8 Å². The average Bonchev–Trinajstić information content (AvgIpc) is 2.94. The van der Waals surface area contributed by atoms with E-state index in [2.05, 4.69) is 0 Å². The quantitative estimate of drug-likeness (QED) is 0.505. The van der Waals surface area contributed by atoms with E-state index in [1.807, 2.05) is 54.6 Å². The lowest BCUT2D eigenvalue weighted by Gasteiger charge is -2.49. The number of fused-ring (bicyclic) bond motifs is 7. The second-order valence-electron chi connectivity index (χ2n) is 8.63. The topological polar surface area (TPSA) is 82.1 Å². The Morgan fingerprint density at radius 2 is 1.47 bits per heavy atom. The van der Waals surface area contributed by atoms with Crippen LogP contribution >= 0.6 is 0 Å². The number of nitrogens with zero attached hydrogens (tertiary/aromatic N) is 1. The molecule has 2 atom stereocenters. The molecule has 0 amide bonds. The predicted octanol–water partition coefficient (Wildman–Crippen LogP) is 4.36. The zero-order valence-corrected chi connectivity index (χ0v) is 19.6. The highest BCUT2D eigenvalue weighted by atomic mass is 16.6. The summed E-state index contributed by atoms with van der Waals surface area (Å²) in [5.41, 5.74) is 1.65. The first-order valence-electron chi connectivity index (χ1n) is 11.4. The van der Waals surface area contributed by atoms with Gasteiger partial charge in [-0.3, -0.25) is 4.79 Å². The Bertz CT molecular complexity index is 1520. The highest BCUT2D eigenvalue weighted by molar-refractivity contribution is 6.19. The van der Waals surface area contributed by atoms with Gasteiger partial charge in [0.1, 0.15) is 11.3 Å².